The highest BCUT2D eigenvalue weighted by atomic mass is 79.9. The lowest BCUT2D eigenvalue weighted by molar-refractivity contribution is 0.0944. The van der Waals surface area contributed by atoms with Crippen molar-refractivity contribution in [2.24, 2.45) is 5.92 Å². The Balaban J connectivity index is 1.83. The fraction of sp³-hybridized carbons (Fsp3) is 0.562. The molecule has 1 fully saturated rings. The molecule has 1 aromatic rings. The van der Waals surface area contributed by atoms with Crippen molar-refractivity contribution in [1.82, 2.24) is 10.2 Å². The third kappa shape index (κ3) is 4.32. The minimum absolute atomic E-state index is 0.00819. The lowest BCUT2D eigenvalue weighted by Gasteiger charge is -2.20. The monoisotopic (exact) mass is 338 g/mol. The summed E-state index contributed by atoms with van der Waals surface area (Å²) in [5, 5.41) is 3.05. The van der Waals surface area contributed by atoms with Crippen LogP contribution in [0.4, 0.5) is 0 Å². The summed E-state index contributed by atoms with van der Waals surface area (Å²) in [7, 11) is 0. The molecule has 3 nitrogen and oxygen atoms in total. The van der Waals surface area contributed by atoms with Crippen LogP contribution in [0.2, 0.25) is 0 Å². The van der Waals surface area contributed by atoms with Gasteiger partial charge in [-0.15, -0.1) is 0 Å². The summed E-state index contributed by atoms with van der Waals surface area (Å²) in [5.74, 6) is 0.495. The average Bonchev–Trinajstić information content (AvgIpc) is 2.91. The van der Waals surface area contributed by atoms with Crippen LogP contribution in [0.5, 0.6) is 0 Å². The molecule has 1 unspecified atom stereocenters. The number of nitrogens with zero attached hydrogens (tertiary/aromatic N) is 1. The molecule has 1 N–H and O–H groups in total. The first-order valence-corrected chi connectivity index (χ1v) is 8.12. The van der Waals surface area contributed by atoms with Gasteiger partial charge in [0.1, 0.15) is 0 Å². The van der Waals surface area contributed by atoms with E-state index in [9.17, 15) is 4.79 Å². The molecule has 20 heavy (non-hydrogen) atoms. The third-order valence-electron chi connectivity index (χ3n) is 3.75. The Labute approximate surface area is 129 Å². The Morgan fingerprint density at radius 2 is 2.10 bits per heavy atom. The molecule has 0 aliphatic carbocycles. The smallest absolute Gasteiger partial charge is 0.252 e. The fourth-order valence-electron chi connectivity index (χ4n) is 2.65. The summed E-state index contributed by atoms with van der Waals surface area (Å²) in [6.45, 7) is 8.43. The lowest BCUT2D eigenvalue weighted by Crippen LogP contribution is -2.34. The quantitative estimate of drug-likeness (QED) is 0.893. The minimum Gasteiger partial charge on any atom is -0.352 e. The predicted molar refractivity (Wildman–Crippen MR) is 86.1 cm³/mol. The van der Waals surface area contributed by atoms with Crippen LogP contribution in [0.3, 0.4) is 0 Å². The van der Waals surface area contributed by atoms with E-state index >= 15 is 0 Å². The number of hydrogen-bond acceptors (Lipinski definition) is 2. The molecular weight excluding hydrogens is 316 g/mol. The molecule has 0 aromatic heterocycles. The number of rotatable bonds is 5. The van der Waals surface area contributed by atoms with Crippen LogP contribution < -0.4 is 5.32 Å². The zero-order valence-electron chi connectivity index (χ0n) is 12.3. The highest BCUT2D eigenvalue weighted by molar-refractivity contribution is 9.10. The zero-order chi connectivity index (χ0) is 14.5. The number of likely N-dealkylation sites (tertiary alicyclic amines) is 1. The van der Waals surface area contributed by atoms with Gasteiger partial charge in [0.2, 0.25) is 0 Å². The van der Waals surface area contributed by atoms with Gasteiger partial charge in [-0.1, -0.05) is 18.6 Å². The molecular formula is C16H23BrN2O. The molecule has 1 aliphatic rings. The van der Waals surface area contributed by atoms with Crippen molar-refractivity contribution in [2.75, 3.05) is 26.2 Å². The van der Waals surface area contributed by atoms with Crippen molar-refractivity contribution in [1.29, 1.82) is 0 Å². The van der Waals surface area contributed by atoms with E-state index in [0.717, 1.165) is 28.7 Å². The number of nitrogens with one attached hydrogen (secondary N) is 1. The molecule has 0 radical (unpaired) electrons. The fourth-order valence-corrected chi connectivity index (χ4v) is 3.07. The van der Waals surface area contributed by atoms with Crippen molar-refractivity contribution in [3.8, 4) is 0 Å². The molecule has 1 atom stereocenters. The second-order valence-corrected chi connectivity index (χ2v) is 6.66. The number of carbonyl (C=O) groups is 1. The predicted octanol–water partition coefficient (Wildman–Crippen LogP) is 3.22. The number of carbonyl (C=O) groups excluding carboxylic acids is 1. The van der Waals surface area contributed by atoms with Crippen molar-refractivity contribution in [2.45, 2.75) is 26.7 Å². The highest BCUT2D eigenvalue weighted by Crippen LogP contribution is 2.18. The Kier molecular flexibility index (Phi) is 5.61. The molecule has 1 heterocycles. The van der Waals surface area contributed by atoms with Crippen LogP contribution >= 0.6 is 15.9 Å². The summed E-state index contributed by atoms with van der Waals surface area (Å²) < 4.78 is 0.854. The van der Waals surface area contributed by atoms with Gasteiger partial charge in [-0.2, -0.15) is 0 Å². The van der Waals surface area contributed by atoms with Gasteiger partial charge >= 0.3 is 0 Å². The number of aryl methyl sites for hydroxylation is 1. The average molecular weight is 339 g/mol. The topological polar surface area (TPSA) is 32.3 Å². The molecule has 2 rings (SSSR count). The van der Waals surface area contributed by atoms with Crippen molar-refractivity contribution in [3.05, 3.63) is 33.8 Å². The van der Waals surface area contributed by atoms with E-state index in [2.05, 4.69) is 33.1 Å². The van der Waals surface area contributed by atoms with E-state index in [1.54, 1.807) is 0 Å². The summed E-state index contributed by atoms with van der Waals surface area (Å²) >= 11 is 3.44. The number of benzene rings is 1. The van der Waals surface area contributed by atoms with Gasteiger partial charge in [-0.25, -0.2) is 0 Å². The summed E-state index contributed by atoms with van der Waals surface area (Å²) in [4.78, 5) is 14.7. The van der Waals surface area contributed by atoms with Crippen LogP contribution in [0.15, 0.2) is 22.7 Å². The maximum atomic E-state index is 12.2. The molecule has 0 saturated carbocycles. The third-order valence-corrected chi connectivity index (χ3v) is 4.44. The van der Waals surface area contributed by atoms with Crippen LogP contribution in [0.1, 0.15) is 35.7 Å². The molecule has 1 aromatic carbocycles. The normalized spacial score (nSPS) is 17.1. The maximum Gasteiger partial charge on any atom is 0.252 e. The van der Waals surface area contributed by atoms with E-state index in [0.29, 0.717) is 5.92 Å². The van der Waals surface area contributed by atoms with E-state index in [1.165, 1.54) is 25.9 Å². The van der Waals surface area contributed by atoms with Gasteiger partial charge in [-0.3, -0.25) is 4.79 Å². The number of amides is 1. The van der Waals surface area contributed by atoms with Gasteiger partial charge in [0.15, 0.2) is 0 Å². The summed E-state index contributed by atoms with van der Waals surface area (Å²) in [6.07, 6.45) is 2.63. The van der Waals surface area contributed by atoms with Gasteiger partial charge in [0.25, 0.3) is 5.91 Å². The molecule has 110 valence electrons. The first kappa shape index (κ1) is 15.5. The highest BCUT2D eigenvalue weighted by Gasteiger charge is 2.16. The first-order valence-electron chi connectivity index (χ1n) is 7.33. The van der Waals surface area contributed by atoms with E-state index in [-0.39, 0.29) is 5.91 Å². The van der Waals surface area contributed by atoms with Gasteiger partial charge < -0.3 is 10.2 Å². The molecule has 4 heteroatoms. The van der Waals surface area contributed by atoms with Gasteiger partial charge in [0.05, 0.1) is 5.56 Å². The summed E-state index contributed by atoms with van der Waals surface area (Å²) in [5.41, 5.74) is 1.82. The summed E-state index contributed by atoms with van der Waals surface area (Å²) in [6, 6.07) is 5.85. The number of halogens is 1. The van der Waals surface area contributed by atoms with Crippen LogP contribution in [-0.2, 0) is 0 Å². The zero-order valence-corrected chi connectivity index (χ0v) is 13.9. The van der Waals surface area contributed by atoms with Crippen LogP contribution in [-0.4, -0.2) is 37.0 Å². The molecule has 0 bridgehead atoms. The standard InChI is InChI=1S/C16H23BrN2O/c1-12-5-6-15(17)14(9-12)16(20)18-10-13(2)11-19-7-3-4-8-19/h5-6,9,13H,3-4,7-8,10-11H2,1-2H3,(H,18,20). The van der Waals surface area contributed by atoms with Crippen LogP contribution in [0, 0.1) is 12.8 Å². The maximum absolute atomic E-state index is 12.2. The molecule has 1 aliphatic heterocycles. The van der Waals surface area contributed by atoms with E-state index < -0.39 is 0 Å². The Hall–Kier alpha value is -0.870. The van der Waals surface area contributed by atoms with Crippen molar-refractivity contribution < 1.29 is 4.79 Å². The number of hydrogen-bond donors (Lipinski definition) is 1. The Morgan fingerprint density at radius 3 is 2.80 bits per heavy atom. The van der Waals surface area contributed by atoms with E-state index in [4.69, 9.17) is 0 Å². The molecule has 0 spiro atoms. The Morgan fingerprint density at radius 1 is 1.40 bits per heavy atom. The van der Waals surface area contributed by atoms with Crippen molar-refractivity contribution in [3.63, 3.8) is 0 Å². The first-order chi connectivity index (χ1) is 9.56. The van der Waals surface area contributed by atoms with Crippen molar-refractivity contribution >= 4 is 21.8 Å². The Bertz CT molecular complexity index is 470. The minimum atomic E-state index is 0.00819. The lowest BCUT2D eigenvalue weighted by atomic mass is 10.1. The van der Waals surface area contributed by atoms with Gasteiger partial charge in [0, 0.05) is 17.6 Å². The molecule has 1 saturated heterocycles. The van der Waals surface area contributed by atoms with E-state index in [1.807, 2.05) is 25.1 Å². The second kappa shape index (κ2) is 7.23. The largest absolute Gasteiger partial charge is 0.352 e. The SMILES string of the molecule is Cc1ccc(Br)c(C(=O)NCC(C)CN2CCCC2)c1. The second-order valence-electron chi connectivity index (χ2n) is 5.81. The van der Waals surface area contributed by atoms with Gasteiger partial charge in [-0.05, 0) is 66.8 Å². The molecule has 1 amide bonds. The van der Waals surface area contributed by atoms with Crippen LogP contribution in [0.25, 0.3) is 0 Å².